The largest absolute Gasteiger partial charge is 0.490 e. The standard InChI is InChI=1S/C96H70N4O4/c1-96(67-25-7-2-8-26-67,68-59-78(63-43-47-90-82(55-63)74-35-17-21-39-86(74)97(90)70-27-9-3-10-28-70)94(103-53-51-101)79(60-68)64-44-48-91-83(56-64)75-36-18-22-40-87(75)98(91)71-29-11-4-12-30-71)69-61-80(65-45-49-92-84(57-65)76-37-19-23-41-88(76)99(92)72-31-13-5-14-32-72)95(104-54-52-102)81(62-69)66-46-50-93-85(58-66)77-38-20-24-42-89(77)100(93)73-33-15-6-16-34-73/h2-50,55-62,101-102H,51-54H2,1H3. The molecule has 19 rings (SSSR count). The number of rotatable bonds is 17. The number of aliphatic hydroxyl groups excluding tert-OH is 2. The molecule has 498 valence electrons. The number of nitrogens with zero attached hydrogens (tertiary/aromatic N) is 4. The Bertz CT molecular complexity index is 5780. The van der Waals surface area contributed by atoms with Gasteiger partial charge in [0.1, 0.15) is 24.7 Å². The van der Waals surface area contributed by atoms with Crippen molar-refractivity contribution in [2.24, 2.45) is 0 Å². The summed E-state index contributed by atoms with van der Waals surface area (Å²) in [6.45, 7) is 2.11. The maximum absolute atomic E-state index is 11.0. The lowest BCUT2D eigenvalue weighted by Crippen LogP contribution is -2.26. The molecule has 0 saturated carbocycles. The zero-order valence-corrected chi connectivity index (χ0v) is 57.2. The molecule has 104 heavy (non-hydrogen) atoms. The van der Waals surface area contributed by atoms with Gasteiger partial charge < -0.3 is 38.0 Å². The second-order valence-electron chi connectivity index (χ2n) is 27.1. The van der Waals surface area contributed by atoms with Crippen molar-refractivity contribution in [2.45, 2.75) is 12.3 Å². The Balaban J connectivity index is 0.921. The summed E-state index contributed by atoms with van der Waals surface area (Å²) in [5.74, 6) is 1.33. The Hall–Kier alpha value is -13.0. The van der Waals surface area contributed by atoms with E-state index in [1.807, 2.05) is 0 Å². The van der Waals surface area contributed by atoms with Crippen LogP contribution in [0.15, 0.2) is 346 Å². The van der Waals surface area contributed by atoms with Crippen LogP contribution in [0, 0.1) is 0 Å². The fraction of sp³-hybridized carbons (Fsp3) is 0.0625. The van der Waals surface area contributed by atoms with Crippen molar-refractivity contribution in [3.05, 3.63) is 362 Å². The van der Waals surface area contributed by atoms with E-state index in [1.54, 1.807) is 0 Å². The van der Waals surface area contributed by atoms with Crippen LogP contribution in [-0.4, -0.2) is 54.9 Å². The van der Waals surface area contributed by atoms with Crippen molar-refractivity contribution in [3.63, 3.8) is 0 Å². The van der Waals surface area contributed by atoms with Gasteiger partial charge in [0.2, 0.25) is 0 Å². The summed E-state index contributed by atoms with van der Waals surface area (Å²) >= 11 is 0. The first kappa shape index (κ1) is 62.1. The van der Waals surface area contributed by atoms with Gasteiger partial charge in [-0.1, -0.05) is 200 Å². The number of aromatic nitrogens is 4. The Kier molecular flexibility index (Phi) is 15.3. The fourth-order valence-electron chi connectivity index (χ4n) is 16.6. The molecule has 0 spiro atoms. The second-order valence-corrected chi connectivity index (χ2v) is 27.1. The van der Waals surface area contributed by atoms with Crippen molar-refractivity contribution >= 4 is 87.2 Å². The summed E-state index contributed by atoms with van der Waals surface area (Å²) in [5.41, 5.74) is 22.5. The smallest absolute Gasteiger partial charge is 0.135 e. The van der Waals surface area contributed by atoms with Crippen LogP contribution in [0.3, 0.4) is 0 Å². The van der Waals surface area contributed by atoms with E-state index in [-0.39, 0.29) is 26.4 Å². The van der Waals surface area contributed by atoms with Crippen molar-refractivity contribution in [1.82, 2.24) is 18.3 Å². The molecule has 4 aromatic heterocycles. The summed E-state index contributed by atoms with van der Waals surface area (Å²) in [7, 11) is 0. The predicted octanol–water partition coefficient (Wildman–Crippen LogP) is 22.8. The molecular weight excluding hydrogens is 1270 g/mol. The summed E-state index contributed by atoms with van der Waals surface area (Å²) < 4.78 is 23.7. The highest BCUT2D eigenvalue weighted by molar-refractivity contribution is 6.15. The van der Waals surface area contributed by atoms with Crippen LogP contribution >= 0.6 is 0 Å². The molecule has 4 heterocycles. The second kappa shape index (κ2) is 25.6. The van der Waals surface area contributed by atoms with Crippen LogP contribution in [0.25, 0.3) is 154 Å². The fourth-order valence-corrected chi connectivity index (χ4v) is 16.6. The third kappa shape index (κ3) is 10.1. The van der Waals surface area contributed by atoms with Crippen molar-refractivity contribution in [1.29, 1.82) is 0 Å². The van der Waals surface area contributed by atoms with E-state index < -0.39 is 5.41 Å². The molecule has 0 aliphatic carbocycles. The summed E-state index contributed by atoms with van der Waals surface area (Å²) in [6.07, 6.45) is 0. The van der Waals surface area contributed by atoms with Crippen LogP contribution in [-0.2, 0) is 5.41 Å². The van der Waals surface area contributed by atoms with Gasteiger partial charge >= 0.3 is 0 Å². The topological polar surface area (TPSA) is 78.6 Å². The molecule has 15 aromatic carbocycles. The van der Waals surface area contributed by atoms with E-state index in [2.05, 4.69) is 371 Å². The predicted molar refractivity (Wildman–Crippen MR) is 429 cm³/mol. The van der Waals surface area contributed by atoms with Gasteiger partial charge in [-0.15, -0.1) is 0 Å². The number of hydrogen-bond acceptors (Lipinski definition) is 4. The van der Waals surface area contributed by atoms with Gasteiger partial charge in [0, 0.05) is 93.5 Å². The molecule has 19 aromatic rings. The minimum absolute atomic E-state index is 0.0607. The minimum Gasteiger partial charge on any atom is -0.490 e. The van der Waals surface area contributed by atoms with Crippen molar-refractivity contribution < 1.29 is 19.7 Å². The molecule has 0 fully saturated rings. The SMILES string of the molecule is CC(c1ccccc1)(c1cc(-c2ccc3c(c2)c2ccccc2n3-c2ccccc2)c(OCCO)c(-c2ccc3c(c2)c2ccccc2n3-c2ccccc2)c1)c1cc(-c2ccc3c(c2)c2ccccc2n3-c2ccccc2)c(OCCO)c(-c2ccc3c(c2)c2ccccc2n3-c2ccccc2)c1. The number of ether oxygens (including phenoxy) is 2. The highest BCUT2D eigenvalue weighted by Gasteiger charge is 2.36. The number of aliphatic hydroxyl groups is 2. The van der Waals surface area contributed by atoms with E-state index in [1.165, 1.54) is 0 Å². The van der Waals surface area contributed by atoms with Gasteiger partial charge in [-0.3, -0.25) is 0 Å². The molecule has 0 radical (unpaired) electrons. The van der Waals surface area contributed by atoms with Gasteiger partial charge in [0.15, 0.2) is 0 Å². The van der Waals surface area contributed by atoms with Gasteiger partial charge in [-0.25, -0.2) is 0 Å². The van der Waals surface area contributed by atoms with Gasteiger partial charge in [-0.2, -0.15) is 0 Å². The summed E-state index contributed by atoms with van der Waals surface area (Å²) in [4.78, 5) is 0. The van der Waals surface area contributed by atoms with Gasteiger partial charge in [-0.05, 0) is 191 Å². The number of para-hydroxylation sites is 8. The Morgan fingerprint density at radius 3 is 0.731 bits per heavy atom. The molecule has 0 aliphatic heterocycles. The quantitative estimate of drug-likeness (QED) is 0.0891. The zero-order valence-electron chi connectivity index (χ0n) is 57.2. The zero-order chi connectivity index (χ0) is 69.4. The van der Waals surface area contributed by atoms with Crippen molar-refractivity contribution in [3.8, 4) is 78.8 Å². The molecule has 8 nitrogen and oxygen atoms in total. The Morgan fingerprint density at radius 1 is 0.240 bits per heavy atom. The number of hydrogen-bond donors (Lipinski definition) is 2. The lowest BCUT2D eigenvalue weighted by atomic mass is 9.68. The summed E-state index contributed by atoms with van der Waals surface area (Å²) in [6, 6.07) is 125. The van der Waals surface area contributed by atoms with Gasteiger partial charge in [0.25, 0.3) is 0 Å². The molecular formula is C96H70N4O4. The molecule has 0 atom stereocenters. The average Bonchev–Trinajstić information content (AvgIpc) is 1.72. The first-order chi connectivity index (χ1) is 51.4. The highest BCUT2D eigenvalue weighted by Crippen LogP contribution is 2.53. The summed E-state index contributed by atoms with van der Waals surface area (Å²) in [5, 5.41) is 30.8. The molecule has 0 bridgehead atoms. The normalized spacial score (nSPS) is 12.0. The maximum Gasteiger partial charge on any atom is 0.135 e. The molecule has 0 unspecified atom stereocenters. The third-order valence-corrected chi connectivity index (χ3v) is 21.4. The lowest BCUT2D eigenvalue weighted by Gasteiger charge is -2.35. The first-order valence-electron chi connectivity index (χ1n) is 35.7. The van der Waals surface area contributed by atoms with Crippen LogP contribution in [0.2, 0.25) is 0 Å². The number of benzene rings is 15. The van der Waals surface area contributed by atoms with Crippen molar-refractivity contribution in [2.75, 3.05) is 26.4 Å². The van der Waals surface area contributed by atoms with E-state index >= 15 is 0 Å². The van der Waals surface area contributed by atoms with Gasteiger partial charge in [0.05, 0.1) is 57.3 Å². The first-order valence-corrected chi connectivity index (χ1v) is 35.7. The molecule has 2 N–H and O–H groups in total. The van der Waals surface area contributed by atoms with E-state index in [0.717, 1.165) is 171 Å². The maximum atomic E-state index is 11.0. The average molecular weight is 1340 g/mol. The Morgan fingerprint density at radius 2 is 0.471 bits per heavy atom. The highest BCUT2D eigenvalue weighted by atomic mass is 16.5. The van der Waals surface area contributed by atoms with Crippen LogP contribution < -0.4 is 9.47 Å². The molecule has 8 heteroatoms. The van der Waals surface area contributed by atoms with E-state index in [0.29, 0.717) is 11.5 Å². The third-order valence-electron chi connectivity index (χ3n) is 21.4. The minimum atomic E-state index is -0.957. The van der Waals surface area contributed by atoms with E-state index in [9.17, 15) is 10.2 Å². The van der Waals surface area contributed by atoms with Crippen LogP contribution in [0.1, 0.15) is 23.6 Å². The molecule has 0 amide bonds. The number of fused-ring (bicyclic) bond motifs is 12. The van der Waals surface area contributed by atoms with Crippen LogP contribution in [0.4, 0.5) is 0 Å². The monoisotopic (exact) mass is 1340 g/mol. The van der Waals surface area contributed by atoms with E-state index in [4.69, 9.17) is 9.47 Å². The molecule has 0 saturated heterocycles. The van der Waals surface area contributed by atoms with Crippen LogP contribution in [0.5, 0.6) is 11.5 Å². The lowest BCUT2D eigenvalue weighted by molar-refractivity contribution is 0.202. The molecule has 0 aliphatic rings. The Labute approximate surface area is 601 Å².